The van der Waals surface area contributed by atoms with Crippen LogP contribution in [0.15, 0.2) is 24.3 Å². The first-order valence-corrected chi connectivity index (χ1v) is 6.41. The molecule has 1 atom stereocenters. The van der Waals surface area contributed by atoms with Crippen molar-refractivity contribution in [2.24, 2.45) is 0 Å². The molecule has 0 spiro atoms. The summed E-state index contributed by atoms with van der Waals surface area (Å²) in [5, 5.41) is 3.72. The van der Waals surface area contributed by atoms with Crippen molar-refractivity contribution in [2.45, 2.75) is 25.6 Å². The Hall–Kier alpha value is -0.780. The summed E-state index contributed by atoms with van der Waals surface area (Å²) < 4.78 is 40.7. The summed E-state index contributed by atoms with van der Waals surface area (Å²) >= 11 is 5.87. The summed E-state index contributed by atoms with van der Waals surface area (Å²) in [6, 6.07) is 7.10. The molecule has 0 radical (unpaired) electrons. The molecular weight excluding hydrogens is 279 g/mol. The summed E-state index contributed by atoms with van der Waals surface area (Å²) in [6.45, 7) is 1.36. The highest BCUT2D eigenvalue weighted by molar-refractivity contribution is 6.30. The van der Waals surface area contributed by atoms with Crippen molar-refractivity contribution in [2.75, 3.05) is 19.8 Å². The zero-order valence-corrected chi connectivity index (χ0v) is 11.4. The van der Waals surface area contributed by atoms with Crippen molar-refractivity contribution in [1.29, 1.82) is 0 Å². The summed E-state index contributed by atoms with van der Waals surface area (Å²) in [4.78, 5) is 0. The lowest BCUT2D eigenvalue weighted by Crippen LogP contribution is -2.36. The molecule has 0 saturated carbocycles. The smallest absolute Gasteiger partial charge is 0.370 e. The van der Waals surface area contributed by atoms with E-state index < -0.39 is 12.8 Å². The van der Waals surface area contributed by atoms with Crippen molar-refractivity contribution in [3.05, 3.63) is 34.9 Å². The Kier molecular flexibility index (Phi) is 6.62. The van der Waals surface area contributed by atoms with Crippen LogP contribution in [0.2, 0.25) is 5.02 Å². The molecule has 0 amide bonds. The Morgan fingerprint density at radius 3 is 2.68 bits per heavy atom. The van der Waals surface area contributed by atoms with E-state index in [4.69, 9.17) is 16.3 Å². The molecule has 19 heavy (non-hydrogen) atoms. The van der Waals surface area contributed by atoms with Crippen LogP contribution in [0.25, 0.3) is 0 Å². The Balaban J connectivity index is 2.48. The number of halogens is 4. The van der Waals surface area contributed by atoms with E-state index in [0.717, 1.165) is 5.56 Å². The van der Waals surface area contributed by atoms with Crippen LogP contribution in [0.5, 0.6) is 0 Å². The van der Waals surface area contributed by atoms with Crippen LogP contribution in [0.4, 0.5) is 13.2 Å². The topological polar surface area (TPSA) is 21.3 Å². The summed E-state index contributed by atoms with van der Waals surface area (Å²) in [7, 11) is 0. The fourth-order valence-corrected chi connectivity index (χ4v) is 1.96. The highest BCUT2D eigenvalue weighted by atomic mass is 35.5. The van der Waals surface area contributed by atoms with Crippen LogP contribution in [0.3, 0.4) is 0 Å². The lowest BCUT2D eigenvalue weighted by atomic mass is 10.1. The third kappa shape index (κ3) is 7.40. The van der Waals surface area contributed by atoms with Crippen LogP contribution in [0, 0.1) is 0 Å². The van der Waals surface area contributed by atoms with Crippen molar-refractivity contribution in [3.8, 4) is 0 Å². The maximum atomic E-state index is 12.0. The van der Waals surface area contributed by atoms with Crippen molar-refractivity contribution in [3.63, 3.8) is 0 Å². The van der Waals surface area contributed by atoms with Gasteiger partial charge in [0, 0.05) is 11.1 Å². The molecule has 1 N–H and O–H groups in total. The number of ether oxygens (including phenoxy) is 1. The van der Waals surface area contributed by atoms with E-state index in [0.29, 0.717) is 18.0 Å². The quantitative estimate of drug-likeness (QED) is 0.832. The summed E-state index contributed by atoms with van der Waals surface area (Å²) in [5.41, 5.74) is 0.967. The second-order valence-corrected chi connectivity index (χ2v) is 4.66. The minimum Gasteiger partial charge on any atom is -0.370 e. The fourth-order valence-electron chi connectivity index (χ4n) is 1.74. The molecular formula is C13H17ClF3NO. The first-order valence-electron chi connectivity index (χ1n) is 6.03. The largest absolute Gasteiger partial charge is 0.411 e. The number of likely N-dealkylation sites (N-methyl/N-ethyl adjacent to an activating group) is 1. The third-order valence-electron chi connectivity index (χ3n) is 2.45. The third-order valence-corrected chi connectivity index (χ3v) is 2.68. The number of hydrogen-bond donors (Lipinski definition) is 1. The van der Waals surface area contributed by atoms with E-state index in [1.807, 2.05) is 19.1 Å². The SMILES string of the molecule is CCNC(COCC(F)(F)F)Cc1cccc(Cl)c1. The summed E-state index contributed by atoms with van der Waals surface area (Å²) in [5.74, 6) is 0. The van der Waals surface area contributed by atoms with Crippen LogP contribution < -0.4 is 5.32 Å². The van der Waals surface area contributed by atoms with Gasteiger partial charge in [-0.15, -0.1) is 0 Å². The molecule has 1 rings (SSSR count). The van der Waals surface area contributed by atoms with Gasteiger partial charge in [0.15, 0.2) is 0 Å². The molecule has 2 nitrogen and oxygen atoms in total. The molecule has 6 heteroatoms. The minimum absolute atomic E-state index is 0.0138. The molecule has 0 aromatic heterocycles. The van der Waals surface area contributed by atoms with E-state index in [1.165, 1.54) is 0 Å². The lowest BCUT2D eigenvalue weighted by Gasteiger charge is -2.18. The van der Waals surface area contributed by atoms with E-state index >= 15 is 0 Å². The zero-order chi connectivity index (χ0) is 14.3. The highest BCUT2D eigenvalue weighted by Crippen LogP contribution is 2.15. The van der Waals surface area contributed by atoms with E-state index in [1.54, 1.807) is 12.1 Å². The van der Waals surface area contributed by atoms with Gasteiger partial charge in [-0.25, -0.2) is 0 Å². The first kappa shape index (κ1) is 16.3. The lowest BCUT2D eigenvalue weighted by molar-refractivity contribution is -0.175. The van der Waals surface area contributed by atoms with Gasteiger partial charge in [0.1, 0.15) is 6.61 Å². The molecule has 1 aromatic carbocycles. The normalized spacial score (nSPS) is 13.5. The fraction of sp³-hybridized carbons (Fsp3) is 0.538. The van der Waals surface area contributed by atoms with Gasteiger partial charge in [-0.3, -0.25) is 0 Å². The molecule has 0 fully saturated rings. The second kappa shape index (κ2) is 7.72. The Morgan fingerprint density at radius 1 is 1.37 bits per heavy atom. The molecule has 0 bridgehead atoms. The number of alkyl halides is 3. The standard InChI is InChI=1S/C13H17ClF3NO/c1-2-18-12(8-19-9-13(15,16)17)7-10-4-3-5-11(14)6-10/h3-6,12,18H,2,7-9H2,1H3. The monoisotopic (exact) mass is 295 g/mol. The van der Waals surface area contributed by atoms with Gasteiger partial charge in [0.25, 0.3) is 0 Å². The van der Waals surface area contributed by atoms with Crippen molar-refractivity contribution < 1.29 is 17.9 Å². The predicted molar refractivity (Wildman–Crippen MR) is 69.5 cm³/mol. The van der Waals surface area contributed by atoms with Crippen LogP contribution in [-0.2, 0) is 11.2 Å². The molecule has 108 valence electrons. The van der Waals surface area contributed by atoms with E-state index in [9.17, 15) is 13.2 Å². The Labute approximate surface area is 115 Å². The van der Waals surface area contributed by atoms with Gasteiger partial charge in [-0.05, 0) is 30.7 Å². The molecule has 1 aromatic rings. The number of hydrogen-bond acceptors (Lipinski definition) is 2. The van der Waals surface area contributed by atoms with Crippen molar-refractivity contribution in [1.82, 2.24) is 5.32 Å². The number of rotatable bonds is 7. The molecule has 0 aliphatic heterocycles. The van der Waals surface area contributed by atoms with E-state index in [-0.39, 0.29) is 12.6 Å². The maximum absolute atomic E-state index is 12.0. The Bertz CT molecular complexity index is 384. The van der Waals surface area contributed by atoms with Crippen molar-refractivity contribution >= 4 is 11.6 Å². The Morgan fingerprint density at radius 2 is 2.11 bits per heavy atom. The van der Waals surface area contributed by atoms with Gasteiger partial charge in [0.2, 0.25) is 0 Å². The van der Waals surface area contributed by atoms with Gasteiger partial charge < -0.3 is 10.1 Å². The number of benzene rings is 1. The van der Waals surface area contributed by atoms with Crippen LogP contribution >= 0.6 is 11.6 Å². The first-order chi connectivity index (χ1) is 8.90. The summed E-state index contributed by atoms with van der Waals surface area (Å²) in [6.07, 6.45) is -3.71. The van der Waals surface area contributed by atoms with Gasteiger partial charge >= 0.3 is 6.18 Å². The molecule has 0 saturated heterocycles. The molecule has 0 heterocycles. The zero-order valence-electron chi connectivity index (χ0n) is 10.6. The minimum atomic E-state index is -4.28. The second-order valence-electron chi connectivity index (χ2n) is 4.22. The van der Waals surface area contributed by atoms with E-state index in [2.05, 4.69) is 5.32 Å². The van der Waals surface area contributed by atoms with Gasteiger partial charge in [-0.1, -0.05) is 30.7 Å². The maximum Gasteiger partial charge on any atom is 0.411 e. The molecule has 1 unspecified atom stereocenters. The predicted octanol–water partition coefficient (Wildman–Crippen LogP) is 3.44. The molecule has 0 aliphatic rings. The highest BCUT2D eigenvalue weighted by Gasteiger charge is 2.27. The average Bonchev–Trinajstić information content (AvgIpc) is 2.27. The van der Waals surface area contributed by atoms with Gasteiger partial charge in [-0.2, -0.15) is 13.2 Å². The van der Waals surface area contributed by atoms with Gasteiger partial charge in [0.05, 0.1) is 6.61 Å². The van der Waals surface area contributed by atoms with Crippen LogP contribution in [0.1, 0.15) is 12.5 Å². The number of nitrogens with one attached hydrogen (secondary N) is 1. The van der Waals surface area contributed by atoms with Crippen LogP contribution in [-0.4, -0.2) is 32.0 Å². The average molecular weight is 296 g/mol. The molecule has 0 aliphatic carbocycles.